The zero-order valence-corrected chi connectivity index (χ0v) is 12.9. The minimum Gasteiger partial charge on any atom is -0.338 e. The van der Waals surface area contributed by atoms with Gasteiger partial charge in [0, 0.05) is 38.6 Å². The van der Waals surface area contributed by atoms with Gasteiger partial charge in [-0.3, -0.25) is 4.79 Å². The van der Waals surface area contributed by atoms with E-state index in [9.17, 15) is 13.2 Å². The molecule has 2 aliphatic heterocycles. The van der Waals surface area contributed by atoms with E-state index >= 15 is 0 Å². The Hall–Kier alpha value is -0.660. The SMILES string of the molecule is CC1CCCN(C(=O)CCN2CCCS2(=O)=O)C1CN. The molecule has 2 aliphatic rings. The van der Waals surface area contributed by atoms with Crippen molar-refractivity contribution in [2.45, 2.75) is 38.6 Å². The fourth-order valence-electron chi connectivity index (χ4n) is 3.22. The molecule has 116 valence electrons. The Kier molecular flexibility index (Phi) is 5.04. The number of amides is 1. The molecule has 2 heterocycles. The van der Waals surface area contributed by atoms with Crippen molar-refractivity contribution >= 4 is 15.9 Å². The van der Waals surface area contributed by atoms with E-state index in [-0.39, 0.29) is 24.1 Å². The number of nitrogens with two attached hydrogens (primary N) is 1. The van der Waals surface area contributed by atoms with Gasteiger partial charge in [-0.25, -0.2) is 12.7 Å². The van der Waals surface area contributed by atoms with Crippen molar-refractivity contribution in [3.05, 3.63) is 0 Å². The van der Waals surface area contributed by atoms with Crippen LogP contribution in [0.2, 0.25) is 0 Å². The van der Waals surface area contributed by atoms with Crippen molar-refractivity contribution in [1.29, 1.82) is 0 Å². The zero-order valence-electron chi connectivity index (χ0n) is 12.1. The van der Waals surface area contributed by atoms with Crippen LogP contribution in [0, 0.1) is 5.92 Å². The van der Waals surface area contributed by atoms with E-state index in [1.807, 2.05) is 4.90 Å². The first-order chi connectivity index (χ1) is 9.45. The summed E-state index contributed by atoms with van der Waals surface area (Å²) in [4.78, 5) is 14.2. The second kappa shape index (κ2) is 6.41. The van der Waals surface area contributed by atoms with E-state index in [0.717, 1.165) is 19.4 Å². The predicted molar refractivity (Wildman–Crippen MR) is 77.5 cm³/mol. The van der Waals surface area contributed by atoms with Crippen LogP contribution in [0.5, 0.6) is 0 Å². The van der Waals surface area contributed by atoms with Gasteiger partial charge in [0.1, 0.15) is 0 Å². The molecule has 1 amide bonds. The molecule has 0 spiro atoms. The van der Waals surface area contributed by atoms with Crippen LogP contribution in [0.25, 0.3) is 0 Å². The summed E-state index contributed by atoms with van der Waals surface area (Å²) in [7, 11) is -3.11. The largest absolute Gasteiger partial charge is 0.338 e. The Bertz CT molecular complexity index is 452. The average molecular weight is 303 g/mol. The second-order valence-corrected chi connectivity index (χ2v) is 7.92. The molecule has 0 bridgehead atoms. The number of carbonyl (C=O) groups excluding carboxylic acids is 1. The monoisotopic (exact) mass is 303 g/mol. The molecule has 2 rings (SSSR count). The Morgan fingerprint density at radius 2 is 2.05 bits per heavy atom. The van der Waals surface area contributed by atoms with Crippen LogP contribution in [0.4, 0.5) is 0 Å². The highest BCUT2D eigenvalue weighted by atomic mass is 32.2. The fourth-order valence-corrected chi connectivity index (χ4v) is 4.75. The highest BCUT2D eigenvalue weighted by Crippen LogP contribution is 2.23. The highest BCUT2D eigenvalue weighted by molar-refractivity contribution is 7.89. The average Bonchev–Trinajstić information content (AvgIpc) is 2.74. The number of hydrogen-bond donors (Lipinski definition) is 1. The predicted octanol–water partition coefficient (Wildman–Crippen LogP) is -0.00220. The molecule has 2 fully saturated rings. The van der Waals surface area contributed by atoms with Gasteiger partial charge in [-0.15, -0.1) is 0 Å². The van der Waals surface area contributed by atoms with Crippen LogP contribution in [0.15, 0.2) is 0 Å². The minimum absolute atomic E-state index is 0.0362. The normalized spacial score (nSPS) is 30.6. The summed E-state index contributed by atoms with van der Waals surface area (Å²) in [6.07, 6.45) is 3.04. The standard InChI is InChI=1S/C13H25N3O3S/c1-11-4-2-7-16(12(11)10-14)13(17)5-8-15-6-3-9-20(15,18)19/h11-12H,2-10,14H2,1H3. The molecular weight excluding hydrogens is 278 g/mol. The quantitative estimate of drug-likeness (QED) is 0.792. The van der Waals surface area contributed by atoms with E-state index in [4.69, 9.17) is 5.73 Å². The van der Waals surface area contributed by atoms with Gasteiger partial charge in [-0.05, 0) is 25.2 Å². The van der Waals surface area contributed by atoms with Gasteiger partial charge in [0.25, 0.3) is 0 Å². The molecule has 2 saturated heterocycles. The summed E-state index contributed by atoms with van der Waals surface area (Å²) in [5.74, 6) is 0.676. The molecule has 2 atom stereocenters. The van der Waals surface area contributed by atoms with Gasteiger partial charge in [0.15, 0.2) is 0 Å². The van der Waals surface area contributed by atoms with Crippen LogP contribution in [0.3, 0.4) is 0 Å². The summed E-state index contributed by atoms with van der Waals surface area (Å²) in [5.41, 5.74) is 5.78. The molecule has 2 unspecified atom stereocenters. The van der Waals surface area contributed by atoms with Gasteiger partial charge < -0.3 is 10.6 Å². The maximum absolute atomic E-state index is 12.3. The van der Waals surface area contributed by atoms with Crippen molar-refractivity contribution in [3.63, 3.8) is 0 Å². The summed E-state index contributed by atoms with van der Waals surface area (Å²) in [5, 5.41) is 0. The molecule has 0 aliphatic carbocycles. The minimum atomic E-state index is -3.11. The highest BCUT2D eigenvalue weighted by Gasteiger charge is 2.32. The van der Waals surface area contributed by atoms with Gasteiger partial charge in [0.2, 0.25) is 15.9 Å². The van der Waals surface area contributed by atoms with Crippen LogP contribution in [-0.2, 0) is 14.8 Å². The lowest BCUT2D eigenvalue weighted by Gasteiger charge is -2.39. The van der Waals surface area contributed by atoms with Gasteiger partial charge in [0.05, 0.1) is 5.75 Å². The lowest BCUT2D eigenvalue weighted by molar-refractivity contribution is -0.136. The number of piperidine rings is 1. The van der Waals surface area contributed by atoms with E-state index in [2.05, 4.69) is 6.92 Å². The van der Waals surface area contributed by atoms with Crippen LogP contribution in [-0.4, -0.2) is 61.5 Å². The molecule has 6 nitrogen and oxygen atoms in total. The van der Waals surface area contributed by atoms with E-state index < -0.39 is 10.0 Å². The third-order valence-corrected chi connectivity index (χ3v) is 6.41. The molecule has 0 aromatic rings. The molecule has 0 saturated carbocycles. The van der Waals surface area contributed by atoms with Crippen molar-refractivity contribution in [2.75, 3.05) is 31.9 Å². The number of likely N-dealkylation sites (tertiary alicyclic amines) is 1. The van der Waals surface area contributed by atoms with Crippen molar-refractivity contribution in [1.82, 2.24) is 9.21 Å². The fraction of sp³-hybridized carbons (Fsp3) is 0.923. The summed E-state index contributed by atoms with van der Waals surface area (Å²) < 4.78 is 24.8. The third kappa shape index (κ3) is 3.32. The number of rotatable bonds is 4. The van der Waals surface area contributed by atoms with Crippen molar-refractivity contribution < 1.29 is 13.2 Å². The van der Waals surface area contributed by atoms with Crippen LogP contribution < -0.4 is 5.73 Å². The van der Waals surface area contributed by atoms with Crippen molar-refractivity contribution in [3.8, 4) is 0 Å². The summed E-state index contributed by atoms with van der Waals surface area (Å²) in [6, 6.07) is 0.103. The first-order valence-electron chi connectivity index (χ1n) is 7.43. The molecule has 20 heavy (non-hydrogen) atoms. The number of hydrogen-bond acceptors (Lipinski definition) is 4. The molecular formula is C13H25N3O3S. The Labute approximate surface area is 121 Å². The molecule has 0 radical (unpaired) electrons. The lowest BCUT2D eigenvalue weighted by Crippen LogP contribution is -2.51. The first kappa shape index (κ1) is 15.7. The van der Waals surface area contributed by atoms with Crippen LogP contribution >= 0.6 is 0 Å². The zero-order chi connectivity index (χ0) is 14.8. The van der Waals surface area contributed by atoms with Gasteiger partial charge in [-0.2, -0.15) is 0 Å². The maximum atomic E-state index is 12.3. The number of carbonyl (C=O) groups is 1. The van der Waals surface area contributed by atoms with E-state index in [0.29, 0.717) is 32.0 Å². The second-order valence-electron chi connectivity index (χ2n) is 5.83. The Morgan fingerprint density at radius 3 is 2.65 bits per heavy atom. The lowest BCUT2D eigenvalue weighted by atomic mass is 9.90. The van der Waals surface area contributed by atoms with Gasteiger partial charge in [-0.1, -0.05) is 6.92 Å². The molecule has 2 N–H and O–H groups in total. The molecule has 0 aromatic carbocycles. The summed E-state index contributed by atoms with van der Waals surface area (Å²) in [6.45, 7) is 4.21. The summed E-state index contributed by atoms with van der Waals surface area (Å²) >= 11 is 0. The number of sulfonamides is 1. The topological polar surface area (TPSA) is 83.7 Å². The smallest absolute Gasteiger partial charge is 0.224 e. The molecule has 7 heteroatoms. The maximum Gasteiger partial charge on any atom is 0.224 e. The Balaban J connectivity index is 1.91. The number of nitrogens with zero attached hydrogens (tertiary/aromatic N) is 2. The Morgan fingerprint density at radius 1 is 1.30 bits per heavy atom. The van der Waals surface area contributed by atoms with E-state index in [1.165, 1.54) is 4.31 Å². The van der Waals surface area contributed by atoms with Crippen LogP contribution in [0.1, 0.15) is 32.6 Å². The van der Waals surface area contributed by atoms with Gasteiger partial charge >= 0.3 is 0 Å². The van der Waals surface area contributed by atoms with E-state index in [1.54, 1.807) is 0 Å². The van der Waals surface area contributed by atoms with Crippen molar-refractivity contribution in [2.24, 2.45) is 11.7 Å². The molecule has 0 aromatic heterocycles. The first-order valence-corrected chi connectivity index (χ1v) is 9.04. The third-order valence-electron chi connectivity index (χ3n) is 4.46.